The van der Waals surface area contributed by atoms with Crippen molar-refractivity contribution in [2.24, 2.45) is 5.10 Å². The second kappa shape index (κ2) is 13.6. The van der Waals surface area contributed by atoms with Gasteiger partial charge in [-0.25, -0.2) is 5.43 Å². The number of thioether (sulfide) groups is 1. The molecule has 4 aromatic carbocycles. The quantitative estimate of drug-likeness (QED) is 0.110. The molecule has 0 bridgehead atoms. The first-order valence-electron chi connectivity index (χ1n) is 12.7. The molecular weight excluding hydrogens is 558 g/mol. The van der Waals surface area contributed by atoms with Gasteiger partial charge in [-0.3, -0.25) is 9.36 Å². The lowest BCUT2D eigenvalue weighted by atomic mass is 10.2. The molecule has 0 unspecified atom stereocenters. The van der Waals surface area contributed by atoms with Crippen LogP contribution in [0.3, 0.4) is 0 Å². The lowest BCUT2D eigenvalue weighted by Crippen LogP contribution is -2.20. The van der Waals surface area contributed by atoms with E-state index in [4.69, 9.17) is 21.1 Å². The molecule has 1 N–H and O–H groups in total. The summed E-state index contributed by atoms with van der Waals surface area (Å²) in [4.78, 5) is 12.6. The number of methoxy groups -OCH3 is 1. The van der Waals surface area contributed by atoms with Gasteiger partial charge in [0.1, 0.15) is 18.1 Å². The van der Waals surface area contributed by atoms with Crippen molar-refractivity contribution in [3.8, 4) is 28.6 Å². The van der Waals surface area contributed by atoms with Gasteiger partial charge in [-0.2, -0.15) is 5.10 Å². The van der Waals surface area contributed by atoms with Gasteiger partial charge in [0.25, 0.3) is 5.91 Å². The minimum absolute atomic E-state index is 0.0892. The van der Waals surface area contributed by atoms with Crippen molar-refractivity contribution < 1.29 is 14.3 Å². The number of hydrogen-bond donors (Lipinski definition) is 1. The Labute approximate surface area is 247 Å². The lowest BCUT2D eigenvalue weighted by Gasteiger charge is -2.11. The average molecular weight is 584 g/mol. The highest BCUT2D eigenvalue weighted by Crippen LogP contribution is 2.29. The number of hydrazone groups is 1. The highest BCUT2D eigenvalue weighted by Gasteiger charge is 2.17. The molecule has 1 heterocycles. The predicted molar refractivity (Wildman–Crippen MR) is 162 cm³/mol. The fourth-order valence-electron chi connectivity index (χ4n) is 3.88. The Morgan fingerprint density at radius 1 is 0.951 bits per heavy atom. The highest BCUT2D eigenvalue weighted by atomic mass is 35.5. The first-order valence-corrected chi connectivity index (χ1v) is 14.0. The van der Waals surface area contributed by atoms with Gasteiger partial charge in [-0.15, -0.1) is 10.2 Å². The van der Waals surface area contributed by atoms with Gasteiger partial charge in [0.15, 0.2) is 11.0 Å². The van der Waals surface area contributed by atoms with Crippen LogP contribution in [0.2, 0.25) is 5.02 Å². The van der Waals surface area contributed by atoms with Crippen LogP contribution in [0.4, 0.5) is 0 Å². The predicted octanol–water partition coefficient (Wildman–Crippen LogP) is 6.42. The van der Waals surface area contributed by atoms with Crippen molar-refractivity contribution in [3.63, 3.8) is 0 Å². The number of amides is 1. The number of ether oxygens (including phenoxy) is 2. The summed E-state index contributed by atoms with van der Waals surface area (Å²) < 4.78 is 13.0. The fourth-order valence-corrected chi connectivity index (χ4v) is 4.75. The number of benzene rings is 4. The molecule has 206 valence electrons. The van der Waals surface area contributed by atoms with Crippen LogP contribution in [-0.2, 0) is 11.4 Å². The summed E-state index contributed by atoms with van der Waals surface area (Å²) in [5.74, 6) is 1.90. The van der Waals surface area contributed by atoms with E-state index in [1.807, 2.05) is 95.6 Å². The summed E-state index contributed by atoms with van der Waals surface area (Å²) in [6, 6.07) is 32.3. The van der Waals surface area contributed by atoms with Gasteiger partial charge in [-0.05, 0) is 71.8 Å². The SMILES string of the molecule is COc1ccc(-c2nnc(SCC(=O)N/N=C/c3cccc(OCc4ccccc4)c3)n2-c2ccc(Cl)cc2)cc1. The number of carbonyl (C=O) groups is 1. The van der Waals surface area contributed by atoms with E-state index < -0.39 is 0 Å². The number of nitrogens with one attached hydrogen (secondary N) is 1. The van der Waals surface area contributed by atoms with Crippen LogP contribution in [-0.4, -0.2) is 39.7 Å². The zero-order chi connectivity index (χ0) is 28.4. The number of hydrogen-bond acceptors (Lipinski definition) is 7. The van der Waals surface area contributed by atoms with Crippen LogP contribution in [0, 0.1) is 0 Å². The second-order valence-corrected chi connectivity index (χ2v) is 10.2. The third-order valence-corrected chi connectivity index (χ3v) is 7.09. The van der Waals surface area contributed by atoms with Gasteiger partial charge in [0.05, 0.1) is 19.1 Å². The van der Waals surface area contributed by atoms with Crippen molar-refractivity contribution in [3.05, 3.63) is 119 Å². The van der Waals surface area contributed by atoms with Crippen molar-refractivity contribution in [1.29, 1.82) is 0 Å². The Hall–Kier alpha value is -4.60. The molecule has 0 fully saturated rings. The molecule has 0 aliphatic rings. The molecule has 0 spiro atoms. The molecule has 10 heteroatoms. The Kier molecular flexibility index (Phi) is 9.30. The van der Waals surface area contributed by atoms with E-state index in [9.17, 15) is 4.79 Å². The maximum absolute atomic E-state index is 12.6. The normalized spacial score (nSPS) is 11.0. The molecule has 0 saturated carbocycles. The first-order chi connectivity index (χ1) is 20.1. The summed E-state index contributed by atoms with van der Waals surface area (Å²) in [6.45, 7) is 0.468. The zero-order valence-electron chi connectivity index (χ0n) is 22.1. The van der Waals surface area contributed by atoms with E-state index in [0.717, 1.165) is 28.1 Å². The summed E-state index contributed by atoms with van der Waals surface area (Å²) in [6.07, 6.45) is 1.58. The molecule has 0 atom stereocenters. The fraction of sp³-hybridized carbons (Fsp3) is 0.0968. The van der Waals surface area contributed by atoms with Gasteiger partial charge < -0.3 is 9.47 Å². The number of aromatic nitrogens is 3. The average Bonchev–Trinajstić information content (AvgIpc) is 3.44. The van der Waals surface area contributed by atoms with Gasteiger partial charge in [0.2, 0.25) is 0 Å². The molecule has 41 heavy (non-hydrogen) atoms. The number of rotatable bonds is 11. The van der Waals surface area contributed by atoms with Crippen molar-refractivity contribution in [2.75, 3.05) is 12.9 Å². The standard InChI is InChI=1S/C31H26ClN5O3S/c1-39-27-16-10-24(11-17-27)30-35-36-31(37(30)26-14-12-25(32)13-15-26)41-21-29(38)34-33-19-23-8-5-9-28(18-23)40-20-22-6-3-2-4-7-22/h2-19H,20-21H2,1H3,(H,34,38)/b33-19+. The van der Waals surface area contributed by atoms with E-state index >= 15 is 0 Å². The van der Waals surface area contributed by atoms with Crippen LogP contribution >= 0.6 is 23.4 Å². The first kappa shape index (κ1) is 27.9. The Morgan fingerprint density at radius 2 is 1.73 bits per heavy atom. The Balaban J connectivity index is 1.23. The van der Waals surface area contributed by atoms with Crippen LogP contribution < -0.4 is 14.9 Å². The molecule has 0 radical (unpaired) electrons. The molecule has 0 aliphatic carbocycles. The van der Waals surface area contributed by atoms with Crippen molar-refractivity contribution >= 4 is 35.5 Å². The summed E-state index contributed by atoms with van der Waals surface area (Å²) in [5.41, 5.74) is 6.13. The molecule has 8 nitrogen and oxygen atoms in total. The van der Waals surface area contributed by atoms with Gasteiger partial charge in [-0.1, -0.05) is 65.8 Å². The molecule has 5 aromatic rings. The Bertz CT molecular complexity index is 1620. The monoisotopic (exact) mass is 583 g/mol. The Morgan fingerprint density at radius 3 is 2.49 bits per heavy atom. The largest absolute Gasteiger partial charge is 0.497 e. The molecule has 5 rings (SSSR count). The maximum Gasteiger partial charge on any atom is 0.250 e. The zero-order valence-corrected chi connectivity index (χ0v) is 23.7. The topological polar surface area (TPSA) is 90.6 Å². The van der Waals surface area contributed by atoms with E-state index in [-0.39, 0.29) is 11.7 Å². The van der Waals surface area contributed by atoms with E-state index in [0.29, 0.717) is 28.4 Å². The summed E-state index contributed by atoms with van der Waals surface area (Å²) in [5, 5.41) is 14.1. The van der Waals surface area contributed by atoms with E-state index in [1.54, 1.807) is 25.5 Å². The molecular formula is C31H26ClN5O3S. The molecule has 1 amide bonds. The highest BCUT2D eigenvalue weighted by molar-refractivity contribution is 7.99. The minimum atomic E-state index is -0.278. The number of carbonyl (C=O) groups excluding carboxylic acids is 1. The van der Waals surface area contributed by atoms with Crippen molar-refractivity contribution in [2.45, 2.75) is 11.8 Å². The minimum Gasteiger partial charge on any atom is -0.497 e. The third kappa shape index (κ3) is 7.53. The third-order valence-electron chi connectivity index (χ3n) is 5.91. The molecule has 1 aromatic heterocycles. The molecule has 0 aliphatic heterocycles. The molecule has 0 saturated heterocycles. The van der Waals surface area contributed by atoms with Crippen molar-refractivity contribution in [1.82, 2.24) is 20.2 Å². The lowest BCUT2D eigenvalue weighted by molar-refractivity contribution is -0.118. The van der Waals surface area contributed by atoms with Crippen LogP contribution in [0.1, 0.15) is 11.1 Å². The van der Waals surface area contributed by atoms with Crippen LogP contribution in [0.25, 0.3) is 17.1 Å². The van der Waals surface area contributed by atoms with E-state index in [2.05, 4.69) is 20.7 Å². The van der Waals surface area contributed by atoms with Gasteiger partial charge in [0, 0.05) is 16.3 Å². The van der Waals surface area contributed by atoms with Crippen LogP contribution in [0.5, 0.6) is 11.5 Å². The maximum atomic E-state index is 12.6. The van der Waals surface area contributed by atoms with Crippen LogP contribution in [0.15, 0.2) is 113 Å². The summed E-state index contributed by atoms with van der Waals surface area (Å²) in [7, 11) is 1.62. The number of halogens is 1. The summed E-state index contributed by atoms with van der Waals surface area (Å²) >= 11 is 7.37. The van der Waals surface area contributed by atoms with Gasteiger partial charge >= 0.3 is 0 Å². The second-order valence-electron chi connectivity index (χ2n) is 8.78. The van der Waals surface area contributed by atoms with E-state index in [1.165, 1.54) is 11.8 Å². The number of nitrogens with zero attached hydrogens (tertiary/aromatic N) is 4. The smallest absolute Gasteiger partial charge is 0.250 e.